The molecule has 0 bridgehead atoms. The molecular weight excluding hydrogens is 414 g/mol. The van der Waals surface area contributed by atoms with Crippen molar-refractivity contribution >= 4 is 17.1 Å². The van der Waals surface area contributed by atoms with Crippen LogP contribution in [0.2, 0.25) is 0 Å². The lowest BCUT2D eigenvalue weighted by Gasteiger charge is -2.32. The van der Waals surface area contributed by atoms with E-state index in [0.717, 1.165) is 23.4 Å². The van der Waals surface area contributed by atoms with Crippen LogP contribution in [0, 0.1) is 11.8 Å². The smallest absolute Gasteiger partial charge is 0.248 e. The average Bonchev–Trinajstić information content (AvgIpc) is 3.70. The van der Waals surface area contributed by atoms with Gasteiger partial charge < -0.3 is 10.2 Å². The molecule has 3 aliphatic carbocycles. The maximum atomic E-state index is 13.3. The zero-order valence-electron chi connectivity index (χ0n) is 18.5. The van der Waals surface area contributed by atoms with E-state index >= 15 is 0 Å². The molecule has 2 unspecified atom stereocenters. The van der Waals surface area contributed by atoms with Crippen LogP contribution in [-0.4, -0.2) is 48.3 Å². The van der Waals surface area contributed by atoms with Gasteiger partial charge in [0.25, 0.3) is 0 Å². The Kier molecular flexibility index (Phi) is 6.51. The summed E-state index contributed by atoms with van der Waals surface area (Å²) in [4.78, 5) is 16.6. The van der Waals surface area contributed by atoms with Gasteiger partial charge in [-0.3, -0.25) is 4.79 Å². The summed E-state index contributed by atoms with van der Waals surface area (Å²) in [5.74, 6) is -0.0298. The van der Waals surface area contributed by atoms with Crippen LogP contribution in [0.3, 0.4) is 0 Å². The third kappa shape index (κ3) is 5.75. The lowest BCUT2D eigenvalue weighted by Crippen LogP contribution is -2.39. The van der Waals surface area contributed by atoms with Crippen molar-refractivity contribution in [3.05, 3.63) is 21.9 Å². The van der Waals surface area contributed by atoms with Crippen molar-refractivity contribution in [3.63, 3.8) is 0 Å². The van der Waals surface area contributed by atoms with E-state index in [1.165, 1.54) is 62.9 Å². The first-order valence-electron chi connectivity index (χ1n) is 12.4. The fourth-order valence-corrected chi connectivity index (χ4v) is 6.81. The van der Waals surface area contributed by atoms with Gasteiger partial charge in [0.05, 0.1) is 6.54 Å². The molecule has 5 rings (SSSR count). The Morgan fingerprint density at radius 2 is 1.84 bits per heavy atom. The molecule has 0 amide bonds. The summed E-state index contributed by atoms with van der Waals surface area (Å²) < 4.78 is 26.5. The van der Waals surface area contributed by atoms with Crippen LogP contribution in [0.5, 0.6) is 0 Å². The van der Waals surface area contributed by atoms with Gasteiger partial charge in [-0.05, 0) is 88.3 Å². The van der Waals surface area contributed by atoms with E-state index < -0.39 is 5.92 Å². The largest absolute Gasteiger partial charge is 0.307 e. The van der Waals surface area contributed by atoms with Gasteiger partial charge in [0.1, 0.15) is 0 Å². The van der Waals surface area contributed by atoms with Crippen molar-refractivity contribution in [2.45, 2.75) is 94.6 Å². The summed E-state index contributed by atoms with van der Waals surface area (Å²) in [6, 6.07) is 3.07. The van der Waals surface area contributed by atoms with E-state index in [0.29, 0.717) is 18.8 Å². The molecule has 2 atom stereocenters. The standard InChI is InChI=1S/C25H36F2N2OS/c26-25(27)9-5-20(6-10-25)28-15-23(30)19-14-24(31-16-19)22-13-18(22)2-1-17-7-11-29(12-8-17)21-3-4-21/h14,16-18,20-22,28H,1-13,15H2. The van der Waals surface area contributed by atoms with Gasteiger partial charge in [0, 0.05) is 40.7 Å². The number of carbonyl (C=O) groups is 1. The lowest BCUT2D eigenvalue weighted by atomic mass is 9.91. The molecule has 4 aliphatic rings. The Bertz CT molecular complexity index is 759. The van der Waals surface area contributed by atoms with Crippen molar-refractivity contribution in [1.29, 1.82) is 0 Å². The van der Waals surface area contributed by atoms with E-state index in [2.05, 4.69) is 16.3 Å². The number of hydrogen-bond acceptors (Lipinski definition) is 4. The highest BCUT2D eigenvalue weighted by molar-refractivity contribution is 7.10. The van der Waals surface area contributed by atoms with Crippen LogP contribution in [0.1, 0.15) is 91.8 Å². The summed E-state index contributed by atoms with van der Waals surface area (Å²) >= 11 is 1.73. The number of carbonyl (C=O) groups excluding carboxylic acids is 1. The van der Waals surface area contributed by atoms with Crippen LogP contribution in [-0.2, 0) is 0 Å². The van der Waals surface area contributed by atoms with Crippen molar-refractivity contribution in [2.75, 3.05) is 19.6 Å². The molecule has 4 fully saturated rings. The Morgan fingerprint density at radius 3 is 2.55 bits per heavy atom. The van der Waals surface area contributed by atoms with Crippen molar-refractivity contribution in [3.8, 4) is 0 Å². The fourth-order valence-electron chi connectivity index (χ4n) is 5.69. The van der Waals surface area contributed by atoms with E-state index in [4.69, 9.17) is 0 Å². The van der Waals surface area contributed by atoms with Gasteiger partial charge in [-0.15, -0.1) is 11.3 Å². The summed E-state index contributed by atoms with van der Waals surface area (Å²) in [6.45, 7) is 2.90. The number of rotatable bonds is 9. The van der Waals surface area contributed by atoms with Crippen LogP contribution >= 0.6 is 11.3 Å². The molecule has 1 saturated heterocycles. The van der Waals surface area contributed by atoms with Crippen LogP contribution in [0.25, 0.3) is 0 Å². The molecule has 172 valence electrons. The molecular formula is C25H36F2N2OS. The van der Waals surface area contributed by atoms with E-state index in [1.807, 2.05) is 5.38 Å². The van der Waals surface area contributed by atoms with Gasteiger partial charge in [-0.2, -0.15) is 0 Å². The minimum atomic E-state index is -2.51. The predicted octanol–water partition coefficient (Wildman–Crippen LogP) is 5.86. The summed E-state index contributed by atoms with van der Waals surface area (Å²) in [7, 11) is 0. The van der Waals surface area contributed by atoms with Gasteiger partial charge >= 0.3 is 0 Å². The van der Waals surface area contributed by atoms with Crippen LogP contribution in [0.15, 0.2) is 11.4 Å². The number of ketones is 1. The molecule has 1 N–H and O–H groups in total. The quantitative estimate of drug-likeness (QED) is 0.479. The highest BCUT2D eigenvalue weighted by Crippen LogP contribution is 2.52. The second-order valence-electron chi connectivity index (χ2n) is 10.6. The number of halogens is 2. The maximum Gasteiger partial charge on any atom is 0.248 e. The van der Waals surface area contributed by atoms with E-state index in [9.17, 15) is 13.6 Å². The number of hydrogen-bond donors (Lipinski definition) is 1. The Morgan fingerprint density at radius 1 is 1.10 bits per heavy atom. The number of piperidine rings is 1. The monoisotopic (exact) mass is 450 g/mol. The number of alkyl halides is 2. The number of nitrogens with one attached hydrogen (secondary N) is 1. The number of likely N-dealkylation sites (tertiary alicyclic amines) is 1. The molecule has 3 saturated carbocycles. The molecule has 3 nitrogen and oxygen atoms in total. The molecule has 0 spiro atoms. The van der Waals surface area contributed by atoms with Gasteiger partial charge in [0.15, 0.2) is 5.78 Å². The minimum absolute atomic E-state index is 0.0469. The summed E-state index contributed by atoms with van der Waals surface area (Å²) in [5.41, 5.74) is 0.798. The SMILES string of the molecule is O=C(CNC1CCC(F)(F)CC1)c1csc(C2CC2CCC2CCN(C3CC3)CC2)c1. The Balaban J connectivity index is 1.01. The molecule has 31 heavy (non-hydrogen) atoms. The third-order valence-corrected chi connectivity index (χ3v) is 9.22. The maximum absolute atomic E-state index is 13.3. The van der Waals surface area contributed by atoms with Gasteiger partial charge in [-0.1, -0.05) is 6.42 Å². The van der Waals surface area contributed by atoms with Crippen molar-refractivity contribution in [2.24, 2.45) is 11.8 Å². The first-order valence-corrected chi connectivity index (χ1v) is 13.3. The Labute approximate surface area is 189 Å². The fraction of sp³-hybridized carbons (Fsp3) is 0.800. The number of thiophene rings is 1. The highest BCUT2D eigenvalue weighted by Gasteiger charge is 2.40. The molecule has 1 aromatic rings. The third-order valence-electron chi connectivity index (χ3n) is 8.16. The minimum Gasteiger partial charge on any atom is -0.307 e. The normalized spacial score (nSPS) is 29.9. The topological polar surface area (TPSA) is 32.3 Å². The molecule has 0 radical (unpaired) electrons. The lowest BCUT2D eigenvalue weighted by molar-refractivity contribution is -0.0401. The predicted molar refractivity (Wildman–Crippen MR) is 121 cm³/mol. The van der Waals surface area contributed by atoms with Gasteiger partial charge in [-0.25, -0.2) is 8.78 Å². The molecule has 1 aromatic heterocycles. The average molecular weight is 451 g/mol. The first-order chi connectivity index (χ1) is 15.0. The second-order valence-corrected chi connectivity index (χ2v) is 11.5. The van der Waals surface area contributed by atoms with Crippen LogP contribution < -0.4 is 5.32 Å². The van der Waals surface area contributed by atoms with Crippen molar-refractivity contribution in [1.82, 2.24) is 10.2 Å². The first kappa shape index (κ1) is 22.0. The number of nitrogens with zero attached hydrogens (tertiary/aromatic N) is 1. The zero-order chi connectivity index (χ0) is 21.4. The molecule has 2 heterocycles. The second kappa shape index (κ2) is 9.18. The van der Waals surface area contributed by atoms with Gasteiger partial charge in [0.2, 0.25) is 5.92 Å². The molecule has 0 aromatic carbocycles. The highest BCUT2D eigenvalue weighted by atomic mass is 32.1. The van der Waals surface area contributed by atoms with Crippen molar-refractivity contribution < 1.29 is 13.6 Å². The summed E-state index contributed by atoms with van der Waals surface area (Å²) in [6.07, 6.45) is 10.4. The summed E-state index contributed by atoms with van der Waals surface area (Å²) in [5, 5.41) is 5.21. The van der Waals surface area contributed by atoms with E-state index in [1.54, 1.807) is 11.3 Å². The zero-order valence-corrected chi connectivity index (χ0v) is 19.3. The number of Topliss-reactive ketones (excluding diaryl/α,β-unsaturated/α-hetero) is 1. The molecule has 1 aliphatic heterocycles. The Hall–Kier alpha value is -0.850. The van der Waals surface area contributed by atoms with E-state index in [-0.39, 0.29) is 31.2 Å². The van der Waals surface area contributed by atoms with Crippen LogP contribution in [0.4, 0.5) is 8.78 Å². The molecule has 6 heteroatoms.